The fraction of sp³-hybridized carbons (Fsp3) is 0.200. The van der Waals surface area contributed by atoms with Crippen LogP contribution in [-0.2, 0) is 16.5 Å². The first-order valence-electron chi connectivity index (χ1n) is 6.71. The van der Waals surface area contributed by atoms with Crippen molar-refractivity contribution < 1.29 is 22.6 Å². The monoisotopic (exact) mass is 337 g/mol. The summed E-state index contributed by atoms with van der Waals surface area (Å²) in [6.07, 6.45) is 0.272. The highest BCUT2D eigenvalue weighted by Gasteiger charge is 2.15. The molecular formula is C15H15NO6S. The molecule has 0 saturated carbocycles. The lowest BCUT2D eigenvalue weighted by Crippen LogP contribution is -2.08. The number of hydrogen-bond donors (Lipinski definition) is 1. The van der Waals surface area contributed by atoms with E-state index in [1.807, 2.05) is 6.92 Å². The van der Waals surface area contributed by atoms with Gasteiger partial charge in [-0.1, -0.05) is 17.7 Å². The average Bonchev–Trinajstić information content (AvgIpc) is 2.46. The van der Waals surface area contributed by atoms with Crippen LogP contribution in [0.15, 0.2) is 47.4 Å². The molecule has 2 aromatic rings. The van der Waals surface area contributed by atoms with E-state index < -0.39 is 15.0 Å². The van der Waals surface area contributed by atoms with Crippen molar-refractivity contribution in [2.24, 2.45) is 0 Å². The SMILES string of the molecule is Cc1ccc(S(=O)(=O)O)c(CCOc2ccc([N+](=O)[O-])cc2)c1. The van der Waals surface area contributed by atoms with E-state index in [4.69, 9.17) is 4.74 Å². The molecule has 1 N–H and O–H groups in total. The molecule has 0 atom stereocenters. The van der Waals surface area contributed by atoms with Gasteiger partial charge in [-0.25, -0.2) is 0 Å². The summed E-state index contributed by atoms with van der Waals surface area (Å²) in [5.41, 5.74) is 1.28. The third-order valence-electron chi connectivity index (χ3n) is 3.18. The average molecular weight is 337 g/mol. The van der Waals surface area contributed by atoms with Crippen LogP contribution in [0.4, 0.5) is 5.69 Å². The highest BCUT2D eigenvalue weighted by atomic mass is 32.2. The van der Waals surface area contributed by atoms with Gasteiger partial charge in [0.05, 0.1) is 16.4 Å². The third-order valence-corrected chi connectivity index (χ3v) is 4.14. The van der Waals surface area contributed by atoms with Crippen molar-refractivity contribution in [2.75, 3.05) is 6.61 Å². The van der Waals surface area contributed by atoms with Gasteiger partial charge in [-0.2, -0.15) is 8.42 Å². The number of benzene rings is 2. The Morgan fingerprint density at radius 2 is 1.83 bits per heavy atom. The minimum atomic E-state index is -4.29. The second-order valence-corrected chi connectivity index (χ2v) is 6.33. The van der Waals surface area contributed by atoms with Gasteiger partial charge in [0.25, 0.3) is 15.8 Å². The van der Waals surface area contributed by atoms with Crippen molar-refractivity contribution >= 4 is 15.8 Å². The first kappa shape index (κ1) is 16.9. The molecule has 122 valence electrons. The van der Waals surface area contributed by atoms with Crippen LogP contribution in [0.3, 0.4) is 0 Å². The molecule has 2 aromatic carbocycles. The number of nitro benzene ring substituents is 1. The normalized spacial score (nSPS) is 11.2. The molecule has 0 aromatic heterocycles. The summed E-state index contributed by atoms with van der Waals surface area (Å²) in [5, 5.41) is 10.6. The van der Waals surface area contributed by atoms with E-state index in [0.717, 1.165) is 5.56 Å². The van der Waals surface area contributed by atoms with Crippen molar-refractivity contribution in [3.05, 3.63) is 63.7 Å². The maximum absolute atomic E-state index is 11.4. The molecule has 0 heterocycles. The zero-order valence-corrected chi connectivity index (χ0v) is 13.1. The van der Waals surface area contributed by atoms with Crippen molar-refractivity contribution in [3.63, 3.8) is 0 Å². The topological polar surface area (TPSA) is 107 Å². The number of rotatable bonds is 6. The molecule has 0 amide bonds. The zero-order chi connectivity index (χ0) is 17.0. The van der Waals surface area contributed by atoms with Crippen molar-refractivity contribution in [3.8, 4) is 5.75 Å². The number of hydrogen-bond acceptors (Lipinski definition) is 5. The van der Waals surface area contributed by atoms with Crippen LogP contribution in [0, 0.1) is 17.0 Å². The van der Waals surface area contributed by atoms with Crippen LogP contribution >= 0.6 is 0 Å². The van der Waals surface area contributed by atoms with Crippen LogP contribution in [-0.4, -0.2) is 24.5 Å². The van der Waals surface area contributed by atoms with E-state index in [-0.39, 0.29) is 23.6 Å². The Kier molecular flexibility index (Phi) is 4.97. The van der Waals surface area contributed by atoms with E-state index in [1.54, 1.807) is 12.1 Å². The second-order valence-electron chi connectivity index (χ2n) is 4.94. The summed E-state index contributed by atoms with van der Waals surface area (Å²) in [6, 6.07) is 10.2. The summed E-state index contributed by atoms with van der Waals surface area (Å²) in [5.74, 6) is 0.441. The van der Waals surface area contributed by atoms with Crippen LogP contribution in [0.2, 0.25) is 0 Å². The van der Waals surface area contributed by atoms with E-state index in [2.05, 4.69) is 0 Å². The highest BCUT2D eigenvalue weighted by Crippen LogP contribution is 2.20. The first-order valence-corrected chi connectivity index (χ1v) is 8.15. The summed E-state index contributed by atoms with van der Waals surface area (Å²) < 4.78 is 37.4. The lowest BCUT2D eigenvalue weighted by atomic mass is 10.1. The van der Waals surface area contributed by atoms with Gasteiger partial charge in [-0.15, -0.1) is 0 Å². The molecule has 23 heavy (non-hydrogen) atoms. The Morgan fingerprint density at radius 1 is 1.17 bits per heavy atom. The van der Waals surface area contributed by atoms with Crippen LogP contribution in [0.25, 0.3) is 0 Å². The molecule has 0 radical (unpaired) electrons. The predicted molar refractivity (Wildman–Crippen MR) is 83.3 cm³/mol. The molecular weight excluding hydrogens is 322 g/mol. The van der Waals surface area contributed by atoms with E-state index in [1.165, 1.54) is 30.3 Å². The molecule has 0 bridgehead atoms. The molecule has 0 aliphatic rings. The van der Waals surface area contributed by atoms with Crippen molar-refractivity contribution in [1.29, 1.82) is 0 Å². The van der Waals surface area contributed by atoms with Gasteiger partial charge in [0, 0.05) is 18.6 Å². The highest BCUT2D eigenvalue weighted by molar-refractivity contribution is 7.85. The molecule has 2 rings (SSSR count). The van der Waals surface area contributed by atoms with Crippen LogP contribution in [0.5, 0.6) is 5.75 Å². The van der Waals surface area contributed by atoms with Gasteiger partial charge in [0.1, 0.15) is 5.75 Å². The molecule has 0 aliphatic carbocycles. The van der Waals surface area contributed by atoms with Crippen molar-refractivity contribution in [1.82, 2.24) is 0 Å². The molecule has 0 fully saturated rings. The molecule has 8 heteroatoms. The lowest BCUT2D eigenvalue weighted by molar-refractivity contribution is -0.384. The molecule has 0 spiro atoms. The Bertz CT molecular complexity index is 814. The van der Waals surface area contributed by atoms with Gasteiger partial charge < -0.3 is 4.74 Å². The van der Waals surface area contributed by atoms with E-state index in [0.29, 0.717) is 11.3 Å². The van der Waals surface area contributed by atoms with Gasteiger partial charge in [0.15, 0.2) is 0 Å². The van der Waals surface area contributed by atoms with Gasteiger partial charge in [0.2, 0.25) is 0 Å². The fourth-order valence-corrected chi connectivity index (χ4v) is 2.83. The maximum Gasteiger partial charge on any atom is 0.294 e. The first-order chi connectivity index (χ1) is 10.8. The zero-order valence-electron chi connectivity index (χ0n) is 12.3. The fourth-order valence-electron chi connectivity index (χ4n) is 2.10. The molecule has 0 unspecified atom stereocenters. The van der Waals surface area contributed by atoms with Gasteiger partial charge >= 0.3 is 0 Å². The summed E-state index contributed by atoms with van der Waals surface area (Å²) in [7, 11) is -4.29. The number of ether oxygens (including phenoxy) is 1. The van der Waals surface area contributed by atoms with Gasteiger partial charge in [-0.3, -0.25) is 14.7 Å². The summed E-state index contributed by atoms with van der Waals surface area (Å²) in [4.78, 5) is 9.91. The number of non-ortho nitro benzene ring substituents is 1. The maximum atomic E-state index is 11.4. The van der Waals surface area contributed by atoms with Gasteiger partial charge in [-0.05, 0) is 30.7 Å². The number of nitro groups is 1. The van der Waals surface area contributed by atoms with Crippen LogP contribution in [0.1, 0.15) is 11.1 Å². The molecule has 0 aliphatic heterocycles. The summed E-state index contributed by atoms with van der Waals surface area (Å²) in [6.45, 7) is 1.98. The Labute approximate surface area is 133 Å². The van der Waals surface area contributed by atoms with E-state index in [9.17, 15) is 23.1 Å². The van der Waals surface area contributed by atoms with Crippen LogP contribution < -0.4 is 4.74 Å². The largest absolute Gasteiger partial charge is 0.493 e. The third kappa shape index (κ3) is 4.51. The smallest absolute Gasteiger partial charge is 0.294 e. The molecule has 7 nitrogen and oxygen atoms in total. The lowest BCUT2D eigenvalue weighted by Gasteiger charge is -2.10. The Balaban J connectivity index is 2.07. The predicted octanol–water partition coefficient (Wildman–Crippen LogP) is 2.77. The second kappa shape index (κ2) is 6.76. The van der Waals surface area contributed by atoms with Crippen molar-refractivity contribution in [2.45, 2.75) is 18.2 Å². The van der Waals surface area contributed by atoms with E-state index >= 15 is 0 Å². The Morgan fingerprint density at radius 3 is 2.39 bits per heavy atom. The standard InChI is InChI=1S/C15H15NO6S/c1-11-2-7-15(23(19,20)21)12(10-11)8-9-22-14-5-3-13(4-6-14)16(17)18/h2-7,10H,8-9H2,1H3,(H,19,20,21). The number of nitrogens with zero attached hydrogens (tertiary/aromatic N) is 1. The summed E-state index contributed by atoms with van der Waals surface area (Å²) >= 11 is 0. The number of aryl methyl sites for hydroxylation is 1. The minimum absolute atomic E-state index is 0.0373. The Hall–Kier alpha value is -2.45. The quantitative estimate of drug-likeness (QED) is 0.493. The molecule has 0 saturated heterocycles. The minimum Gasteiger partial charge on any atom is -0.493 e.